The Morgan fingerprint density at radius 3 is 1.40 bits per heavy atom. The van der Waals surface area contributed by atoms with Crippen molar-refractivity contribution < 1.29 is 4.79 Å². The van der Waals surface area contributed by atoms with Gasteiger partial charge in [0.25, 0.3) is 0 Å². The van der Waals surface area contributed by atoms with Crippen molar-refractivity contribution in [2.45, 2.75) is 12.5 Å². The number of ketones is 1. The first kappa shape index (κ1) is 17.1. The molecule has 0 aliphatic heterocycles. The molecule has 0 saturated heterocycles. The zero-order valence-corrected chi connectivity index (χ0v) is 15.3. The molecule has 0 amide bonds. The second-order valence-corrected chi connectivity index (χ2v) is 10.1. The van der Waals surface area contributed by atoms with Crippen LogP contribution in [-0.2, 0) is 4.79 Å². The number of Topliss-reactive ketones (excluding diaryl/α,β-unsaturated/α-hetero) is 1. The number of carbonyl (C=O) groups is 1. The van der Waals surface area contributed by atoms with Crippen LogP contribution in [0.2, 0.25) is 6.04 Å². The largest absolute Gasteiger partial charge is 0.300 e. The van der Waals surface area contributed by atoms with E-state index in [0.717, 1.165) is 0 Å². The van der Waals surface area contributed by atoms with E-state index in [0.29, 0.717) is 12.5 Å². The van der Waals surface area contributed by atoms with Gasteiger partial charge in [-0.2, -0.15) is 0 Å². The summed E-state index contributed by atoms with van der Waals surface area (Å²) in [6.07, 6.45) is 2.13. The van der Waals surface area contributed by atoms with Crippen LogP contribution in [0.4, 0.5) is 0 Å². The van der Waals surface area contributed by atoms with Crippen molar-refractivity contribution in [2.75, 3.05) is 0 Å². The van der Waals surface area contributed by atoms with Crippen LogP contribution in [0.25, 0.3) is 0 Å². The Kier molecular flexibility index (Phi) is 5.41. The second-order valence-electron chi connectivity index (χ2n) is 6.21. The van der Waals surface area contributed by atoms with Gasteiger partial charge in [-0.3, -0.25) is 4.79 Å². The molecule has 0 atom stereocenters. The van der Waals surface area contributed by atoms with Crippen molar-refractivity contribution in [3.05, 3.63) is 104 Å². The van der Waals surface area contributed by atoms with E-state index < -0.39 is 8.07 Å². The summed E-state index contributed by atoms with van der Waals surface area (Å²) in [7, 11) is -2.42. The van der Waals surface area contributed by atoms with Crippen LogP contribution in [0.5, 0.6) is 0 Å². The summed E-state index contributed by atoms with van der Waals surface area (Å²) in [6.45, 7) is 3.74. The van der Waals surface area contributed by atoms with Gasteiger partial charge in [-0.25, -0.2) is 0 Å². The average molecular weight is 343 g/mol. The van der Waals surface area contributed by atoms with Crippen molar-refractivity contribution in [3.8, 4) is 0 Å². The Balaban J connectivity index is 2.27. The molecule has 0 aliphatic rings. The third-order valence-corrected chi connectivity index (χ3v) is 9.52. The summed E-state index contributed by atoms with van der Waals surface area (Å²) in [6, 6.07) is 32.1. The highest BCUT2D eigenvalue weighted by Gasteiger charge is 2.40. The van der Waals surface area contributed by atoms with Gasteiger partial charge in [0.05, 0.1) is 0 Å². The fourth-order valence-corrected chi connectivity index (χ4v) is 8.14. The lowest BCUT2D eigenvalue weighted by atomic mass is 10.3. The van der Waals surface area contributed by atoms with E-state index >= 15 is 0 Å². The van der Waals surface area contributed by atoms with Gasteiger partial charge < -0.3 is 0 Å². The minimum atomic E-state index is -2.42. The highest BCUT2D eigenvalue weighted by Crippen LogP contribution is 2.14. The third-order valence-electron chi connectivity index (χ3n) is 4.63. The van der Waals surface area contributed by atoms with Crippen molar-refractivity contribution in [2.24, 2.45) is 0 Å². The van der Waals surface area contributed by atoms with E-state index in [1.54, 1.807) is 6.08 Å². The normalized spacial score (nSPS) is 11.0. The molecule has 0 aliphatic carbocycles. The van der Waals surface area contributed by atoms with E-state index in [2.05, 4.69) is 79.4 Å². The lowest BCUT2D eigenvalue weighted by molar-refractivity contribution is -0.116. The van der Waals surface area contributed by atoms with Gasteiger partial charge in [0.15, 0.2) is 8.07 Å². The lowest BCUT2D eigenvalue weighted by Crippen LogP contribution is -2.67. The van der Waals surface area contributed by atoms with Gasteiger partial charge in [-0.15, -0.1) is 6.58 Å². The van der Waals surface area contributed by atoms with Crippen molar-refractivity contribution in [3.63, 3.8) is 0 Å². The van der Waals surface area contributed by atoms with E-state index in [9.17, 15) is 4.79 Å². The third kappa shape index (κ3) is 3.54. The molecule has 3 aromatic rings. The van der Waals surface area contributed by atoms with Crippen LogP contribution in [0.15, 0.2) is 104 Å². The zero-order valence-electron chi connectivity index (χ0n) is 14.3. The van der Waals surface area contributed by atoms with Gasteiger partial charge >= 0.3 is 0 Å². The number of allylic oxidation sites excluding steroid dienone is 1. The Hall–Kier alpha value is -2.71. The second kappa shape index (κ2) is 7.91. The highest BCUT2D eigenvalue weighted by molar-refractivity contribution is 7.12. The molecule has 0 heterocycles. The topological polar surface area (TPSA) is 17.1 Å². The molecule has 0 spiro atoms. The summed E-state index contributed by atoms with van der Waals surface area (Å²) < 4.78 is 0. The molecule has 0 aromatic heterocycles. The van der Waals surface area contributed by atoms with Crippen LogP contribution in [0.3, 0.4) is 0 Å². The van der Waals surface area contributed by atoms with Crippen LogP contribution < -0.4 is 15.6 Å². The molecule has 124 valence electrons. The Morgan fingerprint density at radius 1 is 0.720 bits per heavy atom. The molecule has 0 radical (unpaired) electrons. The van der Waals surface area contributed by atoms with E-state index in [-0.39, 0.29) is 5.78 Å². The SMILES string of the molecule is C=CCC(=O)C[Si](c1ccccc1)(c1ccccc1)c1ccccc1. The smallest absolute Gasteiger partial charge is 0.155 e. The molecule has 0 unspecified atom stereocenters. The first-order valence-electron chi connectivity index (χ1n) is 8.56. The summed E-state index contributed by atoms with van der Waals surface area (Å²) in [5.74, 6) is 0.248. The zero-order chi connectivity index (χ0) is 17.5. The highest BCUT2D eigenvalue weighted by atomic mass is 28.3. The van der Waals surface area contributed by atoms with E-state index in [1.165, 1.54) is 15.6 Å². The van der Waals surface area contributed by atoms with Gasteiger partial charge in [0, 0.05) is 12.5 Å². The first-order chi connectivity index (χ1) is 12.3. The molecule has 2 heteroatoms. The summed E-state index contributed by atoms with van der Waals surface area (Å²) in [5.41, 5.74) is 0. The van der Waals surface area contributed by atoms with Crippen LogP contribution >= 0.6 is 0 Å². The molecule has 0 N–H and O–H groups in total. The monoisotopic (exact) mass is 342 g/mol. The number of hydrogen-bond acceptors (Lipinski definition) is 1. The minimum Gasteiger partial charge on any atom is -0.300 e. The quantitative estimate of drug-likeness (QED) is 0.366. The fourth-order valence-electron chi connectivity index (χ4n) is 3.50. The maximum absolute atomic E-state index is 12.7. The number of carbonyl (C=O) groups excluding carboxylic acids is 1. The van der Waals surface area contributed by atoms with E-state index in [4.69, 9.17) is 0 Å². The van der Waals surface area contributed by atoms with Crippen LogP contribution in [0, 0.1) is 0 Å². The molecular weight excluding hydrogens is 320 g/mol. The molecule has 25 heavy (non-hydrogen) atoms. The first-order valence-corrected chi connectivity index (χ1v) is 10.8. The number of rotatable bonds is 7. The molecule has 0 bridgehead atoms. The van der Waals surface area contributed by atoms with E-state index in [1.807, 2.05) is 18.2 Å². The maximum Gasteiger partial charge on any atom is 0.155 e. The van der Waals surface area contributed by atoms with Gasteiger partial charge in [0.2, 0.25) is 0 Å². The standard InChI is InChI=1S/C23H22OSi/c1-2-12-20(24)19-25(21-13-6-3-7-14-21,22-15-8-4-9-16-22)23-17-10-5-11-18-23/h2-11,13-18H,1,12,19H2. The van der Waals surface area contributed by atoms with Crippen molar-refractivity contribution >= 4 is 29.4 Å². The molecule has 1 nitrogen and oxygen atoms in total. The predicted molar refractivity (Wildman–Crippen MR) is 109 cm³/mol. The molecule has 0 fully saturated rings. The average Bonchev–Trinajstić information content (AvgIpc) is 2.68. The van der Waals surface area contributed by atoms with Gasteiger partial charge in [0.1, 0.15) is 5.78 Å². The van der Waals surface area contributed by atoms with Crippen LogP contribution in [-0.4, -0.2) is 13.9 Å². The molecule has 0 saturated carbocycles. The molecule has 3 rings (SSSR count). The predicted octanol–water partition coefficient (Wildman–Crippen LogP) is 3.30. The van der Waals surface area contributed by atoms with Gasteiger partial charge in [-0.05, 0) is 15.6 Å². The number of benzene rings is 3. The Morgan fingerprint density at radius 2 is 1.08 bits per heavy atom. The summed E-state index contributed by atoms with van der Waals surface area (Å²) in [5, 5.41) is 3.81. The van der Waals surface area contributed by atoms with Crippen molar-refractivity contribution in [1.82, 2.24) is 0 Å². The Bertz CT molecular complexity index is 729. The summed E-state index contributed by atoms with van der Waals surface area (Å²) in [4.78, 5) is 12.7. The Labute approximate surface area is 150 Å². The fraction of sp³-hybridized carbons (Fsp3) is 0.0870. The minimum absolute atomic E-state index is 0.248. The van der Waals surface area contributed by atoms with Crippen LogP contribution in [0.1, 0.15) is 6.42 Å². The summed E-state index contributed by atoms with van der Waals surface area (Å²) >= 11 is 0. The number of hydrogen-bond donors (Lipinski definition) is 0. The molecular formula is C23H22OSi. The van der Waals surface area contributed by atoms with Crippen molar-refractivity contribution in [1.29, 1.82) is 0 Å². The van der Waals surface area contributed by atoms with Gasteiger partial charge in [-0.1, -0.05) is 97.1 Å². The maximum atomic E-state index is 12.7. The molecule has 3 aromatic carbocycles. The lowest BCUT2D eigenvalue weighted by Gasteiger charge is -2.33.